The molecule has 0 saturated heterocycles. The number of carbonyl (C=O) groups is 2. The molecular weight excluding hydrogens is 274 g/mol. The molecule has 0 radical (unpaired) electrons. The predicted molar refractivity (Wildman–Crippen MR) is 73.7 cm³/mol. The normalized spacial score (nSPS) is 15.9. The van der Waals surface area contributed by atoms with Crippen molar-refractivity contribution in [2.75, 3.05) is 11.9 Å². The number of amides is 1. The standard InChI is InChI=1S/C14H17N3O4/c1-8-9(2)21-12(10(8)6-15)17-11(18)7-16-14(13(19)20)4-3-5-14/h16H,3-5,7H2,1-2H3,(H,17,18)(H,19,20). The van der Waals surface area contributed by atoms with Crippen LogP contribution in [0.5, 0.6) is 0 Å². The smallest absolute Gasteiger partial charge is 0.323 e. The van der Waals surface area contributed by atoms with Crippen LogP contribution in [0.4, 0.5) is 5.88 Å². The zero-order valence-electron chi connectivity index (χ0n) is 11.9. The molecule has 21 heavy (non-hydrogen) atoms. The molecule has 1 aromatic rings. The van der Waals surface area contributed by atoms with E-state index in [1.807, 2.05) is 6.07 Å². The van der Waals surface area contributed by atoms with Gasteiger partial charge in [0.15, 0.2) is 0 Å². The fourth-order valence-electron chi connectivity index (χ4n) is 2.27. The minimum Gasteiger partial charge on any atom is -0.480 e. The van der Waals surface area contributed by atoms with Crippen molar-refractivity contribution in [3.05, 3.63) is 16.9 Å². The number of nitrogens with one attached hydrogen (secondary N) is 2. The van der Waals surface area contributed by atoms with Crippen LogP contribution in [0, 0.1) is 25.2 Å². The van der Waals surface area contributed by atoms with Crippen LogP contribution in [0.1, 0.15) is 36.1 Å². The molecule has 7 nitrogen and oxygen atoms in total. The average molecular weight is 291 g/mol. The van der Waals surface area contributed by atoms with Gasteiger partial charge in [-0.25, -0.2) is 0 Å². The number of hydrogen-bond acceptors (Lipinski definition) is 5. The maximum absolute atomic E-state index is 11.9. The first-order valence-electron chi connectivity index (χ1n) is 6.68. The Morgan fingerprint density at radius 2 is 2.10 bits per heavy atom. The van der Waals surface area contributed by atoms with Gasteiger partial charge in [-0.1, -0.05) is 0 Å². The van der Waals surface area contributed by atoms with E-state index in [0.29, 0.717) is 24.2 Å². The number of carbonyl (C=O) groups excluding carboxylic acids is 1. The number of carboxylic acid groups (broad SMARTS) is 1. The summed E-state index contributed by atoms with van der Waals surface area (Å²) in [7, 11) is 0. The molecule has 1 heterocycles. The van der Waals surface area contributed by atoms with Gasteiger partial charge in [-0.3, -0.25) is 20.2 Å². The lowest BCUT2D eigenvalue weighted by atomic mass is 9.77. The van der Waals surface area contributed by atoms with Crippen molar-refractivity contribution < 1.29 is 19.1 Å². The lowest BCUT2D eigenvalue weighted by molar-refractivity contribution is -0.148. The second-order valence-corrected chi connectivity index (χ2v) is 5.24. The summed E-state index contributed by atoms with van der Waals surface area (Å²) >= 11 is 0. The molecule has 0 aromatic carbocycles. The Morgan fingerprint density at radius 3 is 2.57 bits per heavy atom. The third kappa shape index (κ3) is 2.76. The molecule has 0 bridgehead atoms. The predicted octanol–water partition coefficient (Wildman–Crippen LogP) is 1.30. The highest BCUT2D eigenvalue weighted by molar-refractivity contribution is 5.93. The van der Waals surface area contributed by atoms with Gasteiger partial charge in [-0.15, -0.1) is 0 Å². The topological polar surface area (TPSA) is 115 Å². The largest absolute Gasteiger partial charge is 0.480 e. The first-order valence-corrected chi connectivity index (χ1v) is 6.68. The number of rotatable bonds is 5. The second kappa shape index (κ2) is 5.58. The second-order valence-electron chi connectivity index (χ2n) is 5.24. The molecule has 1 fully saturated rings. The average Bonchev–Trinajstić information content (AvgIpc) is 2.62. The molecular formula is C14H17N3O4. The van der Waals surface area contributed by atoms with E-state index >= 15 is 0 Å². The molecule has 7 heteroatoms. The third-order valence-corrected chi connectivity index (χ3v) is 3.95. The molecule has 1 aromatic heterocycles. The number of hydrogen-bond donors (Lipinski definition) is 3. The van der Waals surface area contributed by atoms with Crippen molar-refractivity contribution in [2.24, 2.45) is 0 Å². The van der Waals surface area contributed by atoms with Gasteiger partial charge in [0, 0.05) is 5.56 Å². The molecule has 2 rings (SSSR count). The van der Waals surface area contributed by atoms with Crippen LogP contribution < -0.4 is 10.6 Å². The minimum atomic E-state index is -0.996. The number of anilines is 1. The molecule has 1 saturated carbocycles. The molecule has 1 aliphatic carbocycles. The molecule has 0 spiro atoms. The van der Waals surface area contributed by atoms with Crippen LogP contribution in [0.2, 0.25) is 0 Å². The summed E-state index contributed by atoms with van der Waals surface area (Å²) in [5.41, 5.74) is -0.0242. The summed E-state index contributed by atoms with van der Waals surface area (Å²) in [4.78, 5) is 23.0. The first kappa shape index (κ1) is 15.1. The Hall–Kier alpha value is -2.33. The molecule has 0 aliphatic heterocycles. The fraction of sp³-hybridized carbons (Fsp3) is 0.500. The maximum Gasteiger partial charge on any atom is 0.323 e. The van der Waals surface area contributed by atoms with E-state index in [0.717, 1.165) is 6.42 Å². The van der Waals surface area contributed by atoms with Crippen molar-refractivity contribution in [2.45, 2.75) is 38.6 Å². The maximum atomic E-state index is 11.9. The van der Waals surface area contributed by atoms with Gasteiger partial charge in [-0.05, 0) is 33.1 Å². The van der Waals surface area contributed by atoms with E-state index in [1.54, 1.807) is 13.8 Å². The fourth-order valence-corrected chi connectivity index (χ4v) is 2.27. The van der Waals surface area contributed by atoms with Crippen LogP contribution in [-0.2, 0) is 9.59 Å². The lowest BCUT2D eigenvalue weighted by Crippen LogP contribution is -2.58. The van der Waals surface area contributed by atoms with Crippen molar-refractivity contribution in [1.82, 2.24) is 5.32 Å². The van der Waals surface area contributed by atoms with Crippen molar-refractivity contribution >= 4 is 17.8 Å². The highest BCUT2D eigenvalue weighted by Gasteiger charge is 2.44. The SMILES string of the molecule is Cc1oc(NC(=O)CNC2(C(=O)O)CCC2)c(C#N)c1C. The van der Waals surface area contributed by atoms with Gasteiger partial charge < -0.3 is 9.52 Å². The van der Waals surface area contributed by atoms with Crippen molar-refractivity contribution in [1.29, 1.82) is 5.26 Å². The van der Waals surface area contributed by atoms with Gasteiger partial charge in [0.2, 0.25) is 11.8 Å². The van der Waals surface area contributed by atoms with E-state index < -0.39 is 17.4 Å². The minimum absolute atomic E-state index is 0.109. The molecule has 3 N–H and O–H groups in total. The van der Waals surface area contributed by atoms with Gasteiger partial charge in [0.25, 0.3) is 0 Å². The number of nitriles is 1. The first-order chi connectivity index (χ1) is 9.89. The van der Waals surface area contributed by atoms with E-state index in [9.17, 15) is 9.59 Å². The Labute approximate surface area is 121 Å². The Morgan fingerprint density at radius 1 is 1.43 bits per heavy atom. The van der Waals surface area contributed by atoms with E-state index in [1.165, 1.54) is 0 Å². The number of aliphatic carboxylic acids is 1. The van der Waals surface area contributed by atoms with Crippen LogP contribution >= 0.6 is 0 Å². The monoisotopic (exact) mass is 291 g/mol. The van der Waals surface area contributed by atoms with Crippen LogP contribution in [0.25, 0.3) is 0 Å². The summed E-state index contributed by atoms with van der Waals surface area (Å²) in [6.07, 6.45) is 1.85. The lowest BCUT2D eigenvalue weighted by Gasteiger charge is -2.38. The van der Waals surface area contributed by atoms with Crippen LogP contribution in [-0.4, -0.2) is 29.1 Å². The number of nitrogens with zero attached hydrogens (tertiary/aromatic N) is 1. The zero-order valence-corrected chi connectivity index (χ0v) is 11.9. The van der Waals surface area contributed by atoms with Crippen molar-refractivity contribution in [3.63, 3.8) is 0 Å². The summed E-state index contributed by atoms with van der Waals surface area (Å²) in [6.45, 7) is 3.30. The number of aryl methyl sites for hydroxylation is 1. The molecule has 0 atom stereocenters. The van der Waals surface area contributed by atoms with E-state index in [-0.39, 0.29) is 18.0 Å². The number of carboxylic acids is 1. The Balaban J connectivity index is 1.98. The quantitative estimate of drug-likeness (QED) is 0.753. The van der Waals surface area contributed by atoms with Gasteiger partial charge in [0.1, 0.15) is 22.9 Å². The summed E-state index contributed by atoms with van der Waals surface area (Å²) in [5.74, 6) is -0.704. The highest BCUT2D eigenvalue weighted by Crippen LogP contribution is 2.32. The van der Waals surface area contributed by atoms with E-state index in [2.05, 4.69) is 10.6 Å². The van der Waals surface area contributed by atoms with Crippen molar-refractivity contribution in [3.8, 4) is 6.07 Å². The molecule has 0 unspecified atom stereocenters. The molecule has 1 amide bonds. The van der Waals surface area contributed by atoms with Gasteiger partial charge >= 0.3 is 5.97 Å². The number of furan rings is 1. The Bertz CT molecular complexity index is 623. The summed E-state index contributed by atoms with van der Waals surface area (Å²) in [6, 6.07) is 1.98. The summed E-state index contributed by atoms with van der Waals surface area (Å²) < 4.78 is 5.33. The molecule has 112 valence electrons. The van der Waals surface area contributed by atoms with Gasteiger partial charge in [-0.2, -0.15) is 5.26 Å². The third-order valence-electron chi connectivity index (χ3n) is 3.95. The summed E-state index contributed by atoms with van der Waals surface area (Å²) in [5, 5.41) is 23.5. The van der Waals surface area contributed by atoms with E-state index in [4.69, 9.17) is 14.8 Å². The van der Waals surface area contributed by atoms with Gasteiger partial charge in [0.05, 0.1) is 6.54 Å². The Kier molecular flexibility index (Phi) is 4.00. The van der Waals surface area contributed by atoms with Crippen LogP contribution in [0.3, 0.4) is 0 Å². The van der Waals surface area contributed by atoms with Crippen LogP contribution in [0.15, 0.2) is 4.42 Å². The zero-order chi connectivity index (χ0) is 15.6. The molecule has 1 aliphatic rings. The highest BCUT2D eigenvalue weighted by atomic mass is 16.4.